The van der Waals surface area contributed by atoms with Gasteiger partial charge in [0, 0.05) is 24.2 Å². The van der Waals surface area contributed by atoms with E-state index in [9.17, 15) is 4.79 Å². The minimum atomic E-state index is -0.0962. The van der Waals surface area contributed by atoms with Gasteiger partial charge in [-0.2, -0.15) is 0 Å². The van der Waals surface area contributed by atoms with E-state index in [0.29, 0.717) is 12.5 Å². The number of fused-ring (bicyclic) bond motifs is 1. The maximum atomic E-state index is 11.9. The van der Waals surface area contributed by atoms with Crippen molar-refractivity contribution in [1.82, 2.24) is 0 Å². The third kappa shape index (κ3) is 3.11. The molecular weight excluding hydrogens is 320 g/mol. The van der Waals surface area contributed by atoms with Crippen molar-refractivity contribution in [3.05, 3.63) is 77.9 Å². The molecule has 3 aromatic carbocycles. The van der Waals surface area contributed by atoms with E-state index >= 15 is 0 Å². The van der Waals surface area contributed by atoms with Crippen molar-refractivity contribution >= 4 is 22.7 Å². The van der Waals surface area contributed by atoms with Gasteiger partial charge in [0.1, 0.15) is 6.29 Å². The number of rotatable bonds is 4. The lowest BCUT2D eigenvalue weighted by Crippen LogP contribution is -2.43. The largest absolute Gasteiger partial charge is 0.361 e. The van der Waals surface area contributed by atoms with Crippen LogP contribution in [0.2, 0.25) is 0 Å². The van der Waals surface area contributed by atoms with Crippen LogP contribution in [0.5, 0.6) is 0 Å². The zero-order valence-corrected chi connectivity index (χ0v) is 14.8. The summed E-state index contributed by atoms with van der Waals surface area (Å²) < 4.78 is 0. The van der Waals surface area contributed by atoms with Crippen molar-refractivity contribution in [1.29, 1.82) is 0 Å². The Morgan fingerprint density at radius 1 is 1.04 bits per heavy atom. The Morgan fingerprint density at radius 3 is 2.69 bits per heavy atom. The second-order valence-electron chi connectivity index (χ2n) is 7.07. The van der Waals surface area contributed by atoms with Gasteiger partial charge in [-0.1, -0.05) is 60.7 Å². The van der Waals surface area contributed by atoms with E-state index in [1.54, 1.807) is 0 Å². The van der Waals surface area contributed by atoms with Gasteiger partial charge in [-0.3, -0.25) is 0 Å². The zero-order chi connectivity index (χ0) is 17.9. The predicted octanol–water partition coefficient (Wildman–Crippen LogP) is 4.25. The van der Waals surface area contributed by atoms with Gasteiger partial charge in [-0.15, -0.1) is 0 Å². The molecule has 2 unspecified atom stereocenters. The number of nitrogens with two attached hydrogens (primary N) is 1. The van der Waals surface area contributed by atoms with Gasteiger partial charge in [0.25, 0.3) is 0 Å². The Balaban J connectivity index is 1.63. The Bertz CT molecular complexity index is 915. The van der Waals surface area contributed by atoms with Crippen LogP contribution in [0.25, 0.3) is 10.8 Å². The van der Waals surface area contributed by atoms with Gasteiger partial charge in [0.15, 0.2) is 0 Å². The highest BCUT2D eigenvalue weighted by molar-refractivity contribution is 5.95. The molecule has 0 bridgehead atoms. The topological polar surface area (TPSA) is 46.3 Å². The first-order valence-electron chi connectivity index (χ1n) is 9.29. The highest BCUT2D eigenvalue weighted by Gasteiger charge is 2.30. The van der Waals surface area contributed by atoms with Crippen LogP contribution in [0.4, 0.5) is 5.69 Å². The molecule has 4 rings (SSSR count). The number of carbonyl (C=O) groups excluding carboxylic acids is 1. The number of hydrogen-bond donors (Lipinski definition) is 1. The van der Waals surface area contributed by atoms with Crippen LogP contribution in [0.1, 0.15) is 29.9 Å². The molecule has 3 heteroatoms. The number of benzene rings is 3. The Morgan fingerprint density at radius 2 is 1.85 bits per heavy atom. The molecule has 3 aromatic rings. The summed E-state index contributed by atoms with van der Waals surface area (Å²) in [6.07, 6.45) is 3.00. The Hall–Kier alpha value is -2.65. The number of hydrogen-bond acceptors (Lipinski definition) is 3. The lowest BCUT2D eigenvalue weighted by atomic mass is 9.84. The molecule has 26 heavy (non-hydrogen) atoms. The van der Waals surface area contributed by atoms with Crippen molar-refractivity contribution in [2.75, 3.05) is 11.4 Å². The lowest BCUT2D eigenvalue weighted by Gasteiger charge is -2.39. The van der Waals surface area contributed by atoms with E-state index in [1.165, 1.54) is 16.3 Å². The van der Waals surface area contributed by atoms with E-state index in [0.717, 1.165) is 36.9 Å². The van der Waals surface area contributed by atoms with E-state index in [-0.39, 0.29) is 6.04 Å². The van der Waals surface area contributed by atoms with E-state index in [2.05, 4.69) is 71.6 Å². The average molecular weight is 344 g/mol. The number of nitrogens with zero attached hydrogens (tertiary/aromatic N) is 1. The number of aldehydes is 1. The predicted molar refractivity (Wildman–Crippen MR) is 107 cm³/mol. The minimum absolute atomic E-state index is 0.0962. The summed E-state index contributed by atoms with van der Waals surface area (Å²) in [6.45, 7) is 1.44. The highest BCUT2D eigenvalue weighted by atomic mass is 16.1. The number of carbonyl (C=O) groups is 1. The molecule has 2 atom stereocenters. The maximum Gasteiger partial charge on any atom is 0.142 e. The lowest BCUT2D eigenvalue weighted by molar-refractivity contribution is -0.109. The molecule has 3 nitrogen and oxygen atoms in total. The highest BCUT2D eigenvalue weighted by Crippen LogP contribution is 2.36. The smallest absolute Gasteiger partial charge is 0.142 e. The fourth-order valence-electron chi connectivity index (χ4n) is 4.16. The van der Waals surface area contributed by atoms with E-state index in [1.807, 2.05) is 0 Å². The summed E-state index contributed by atoms with van der Waals surface area (Å²) in [6, 6.07) is 23.1. The summed E-state index contributed by atoms with van der Waals surface area (Å²) in [5.74, 6) is 0.405. The average Bonchev–Trinajstić information content (AvgIpc) is 2.73. The Kier molecular flexibility index (Phi) is 4.72. The summed E-state index contributed by atoms with van der Waals surface area (Å²) in [5.41, 5.74) is 9.41. The summed E-state index contributed by atoms with van der Waals surface area (Å²) in [7, 11) is 0. The summed E-state index contributed by atoms with van der Waals surface area (Å²) in [5, 5.41) is 2.43. The van der Waals surface area contributed by atoms with Gasteiger partial charge < -0.3 is 15.4 Å². The molecule has 0 aliphatic carbocycles. The second kappa shape index (κ2) is 7.30. The van der Waals surface area contributed by atoms with Gasteiger partial charge in [-0.25, -0.2) is 0 Å². The first kappa shape index (κ1) is 16.8. The third-order valence-corrected chi connectivity index (χ3v) is 5.54. The van der Waals surface area contributed by atoms with E-state index in [4.69, 9.17) is 5.73 Å². The first-order valence-corrected chi connectivity index (χ1v) is 9.29. The monoisotopic (exact) mass is 344 g/mol. The van der Waals surface area contributed by atoms with Crippen LogP contribution in [-0.4, -0.2) is 18.9 Å². The van der Waals surface area contributed by atoms with Crippen LogP contribution in [0, 0.1) is 0 Å². The standard InChI is InChI=1S/C23H24N2O/c24-15-17-5-3-8-19(13-17)20-11-12-25(21(14-20)16-26)23-10-4-7-18-6-1-2-9-22(18)23/h1-10,13,16,20-21H,11-12,14-15,24H2. The number of piperidine rings is 1. The fraction of sp³-hybridized carbons (Fsp3) is 0.261. The van der Waals surface area contributed by atoms with Crippen molar-refractivity contribution in [2.45, 2.75) is 31.3 Å². The fourth-order valence-corrected chi connectivity index (χ4v) is 4.16. The number of anilines is 1. The van der Waals surface area contributed by atoms with Crippen LogP contribution in [-0.2, 0) is 11.3 Å². The maximum absolute atomic E-state index is 11.9. The van der Waals surface area contributed by atoms with Crippen molar-refractivity contribution in [3.8, 4) is 0 Å². The third-order valence-electron chi connectivity index (χ3n) is 5.54. The van der Waals surface area contributed by atoms with Gasteiger partial charge in [-0.05, 0) is 41.3 Å². The van der Waals surface area contributed by atoms with E-state index < -0.39 is 0 Å². The van der Waals surface area contributed by atoms with Crippen LogP contribution >= 0.6 is 0 Å². The van der Waals surface area contributed by atoms with Crippen LogP contribution in [0.3, 0.4) is 0 Å². The molecule has 1 heterocycles. The normalized spacial score (nSPS) is 20.3. The molecule has 2 N–H and O–H groups in total. The SMILES string of the molecule is NCc1cccc(C2CCN(c3cccc4ccccc34)C(C=O)C2)c1. The molecule has 0 amide bonds. The summed E-state index contributed by atoms with van der Waals surface area (Å²) in [4.78, 5) is 14.2. The second-order valence-corrected chi connectivity index (χ2v) is 7.07. The van der Waals surface area contributed by atoms with Crippen molar-refractivity contribution in [3.63, 3.8) is 0 Å². The molecule has 1 saturated heterocycles. The molecule has 1 aliphatic rings. The molecule has 1 fully saturated rings. The minimum Gasteiger partial charge on any atom is -0.361 e. The summed E-state index contributed by atoms with van der Waals surface area (Å²) >= 11 is 0. The molecular formula is C23H24N2O. The molecule has 0 aromatic heterocycles. The van der Waals surface area contributed by atoms with Gasteiger partial charge >= 0.3 is 0 Å². The van der Waals surface area contributed by atoms with Crippen LogP contribution < -0.4 is 10.6 Å². The molecule has 132 valence electrons. The molecule has 0 saturated carbocycles. The molecule has 0 radical (unpaired) electrons. The van der Waals surface area contributed by atoms with Gasteiger partial charge in [0.05, 0.1) is 6.04 Å². The van der Waals surface area contributed by atoms with Crippen molar-refractivity contribution < 1.29 is 4.79 Å². The first-order chi connectivity index (χ1) is 12.8. The van der Waals surface area contributed by atoms with Crippen LogP contribution in [0.15, 0.2) is 66.7 Å². The van der Waals surface area contributed by atoms with Gasteiger partial charge in [0.2, 0.25) is 0 Å². The Labute approximate surface area is 154 Å². The quantitative estimate of drug-likeness (QED) is 0.720. The van der Waals surface area contributed by atoms with Crippen molar-refractivity contribution in [2.24, 2.45) is 5.73 Å². The zero-order valence-electron chi connectivity index (χ0n) is 14.8. The molecule has 1 aliphatic heterocycles. The molecule has 0 spiro atoms.